The molecule has 3 aliphatic heterocycles. The molecule has 1 aromatic rings. The van der Waals surface area contributed by atoms with E-state index in [2.05, 4.69) is 10.6 Å². The molecule has 2 bridgehead atoms. The molecule has 3 fully saturated rings. The fraction of sp³-hybridized carbons (Fsp3) is 0.542. The molecular weight excluding hydrogens is 394 g/mol. The van der Waals surface area contributed by atoms with E-state index in [1.54, 1.807) is 11.9 Å². The average Bonchev–Trinajstić information content (AvgIpc) is 3.42. The minimum absolute atomic E-state index is 0.127. The molecule has 164 valence electrons. The van der Waals surface area contributed by atoms with Crippen LogP contribution in [0.15, 0.2) is 42.5 Å². The summed E-state index contributed by atoms with van der Waals surface area (Å²) >= 11 is 0. The van der Waals surface area contributed by atoms with Crippen LogP contribution in [0.1, 0.15) is 37.7 Å². The number of carbonyl (C=O) groups excluding carboxylic acids is 3. The van der Waals surface area contributed by atoms with Gasteiger partial charge in [0.1, 0.15) is 11.6 Å². The van der Waals surface area contributed by atoms with Gasteiger partial charge in [-0.15, -0.1) is 0 Å². The minimum atomic E-state index is -1.09. The van der Waals surface area contributed by atoms with Crippen LogP contribution in [0.4, 0.5) is 0 Å². The van der Waals surface area contributed by atoms with Crippen LogP contribution in [0, 0.1) is 11.8 Å². The highest BCUT2D eigenvalue weighted by atomic mass is 16.5. The van der Waals surface area contributed by atoms with E-state index in [4.69, 9.17) is 4.74 Å². The molecule has 1 saturated carbocycles. The maximum Gasteiger partial charge on any atom is 0.246 e. The van der Waals surface area contributed by atoms with Crippen molar-refractivity contribution < 1.29 is 19.1 Å². The third-order valence-corrected chi connectivity index (χ3v) is 7.32. The van der Waals surface area contributed by atoms with Crippen molar-refractivity contribution in [1.29, 1.82) is 0 Å². The highest BCUT2D eigenvalue weighted by Gasteiger charge is 2.72. The van der Waals surface area contributed by atoms with Gasteiger partial charge in [-0.25, -0.2) is 0 Å². The van der Waals surface area contributed by atoms with Crippen LogP contribution < -0.4 is 10.6 Å². The number of fused-ring (bicyclic) bond motifs is 1. The Morgan fingerprint density at radius 3 is 2.58 bits per heavy atom. The molecule has 0 radical (unpaired) electrons. The van der Waals surface area contributed by atoms with Crippen molar-refractivity contribution in [3.8, 4) is 0 Å². The van der Waals surface area contributed by atoms with Gasteiger partial charge in [-0.05, 0) is 18.4 Å². The smallest absolute Gasteiger partial charge is 0.246 e. The third kappa shape index (κ3) is 3.17. The minimum Gasteiger partial charge on any atom is -0.359 e. The molecule has 0 unspecified atom stereocenters. The number of amides is 3. The zero-order valence-corrected chi connectivity index (χ0v) is 17.8. The zero-order valence-electron chi connectivity index (χ0n) is 17.8. The van der Waals surface area contributed by atoms with Crippen molar-refractivity contribution in [2.75, 3.05) is 7.05 Å². The Morgan fingerprint density at radius 2 is 1.87 bits per heavy atom. The molecule has 4 aliphatic rings. The SMILES string of the molecule is CNC(=O)[C@H]1[C@H]2C(=O)N(Cc3ccccc3)[C@H](C(=O)NC3CCCCC3)[C@]23C=C[C@H]1O3. The van der Waals surface area contributed by atoms with Crippen LogP contribution in [0.5, 0.6) is 0 Å². The third-order valence-electron chi connectivity index (χ3n) is 7.32. The van der Waals surface area contributed by atoms with Gasteiger partial charge in [0.05, 0.1) is 17.9 Å². The molecule has 5 atom stereocenters. The van der Waals surface area contributed by atoms with Gasteiger partial charge in [-0.3, -0.25) is 14.4 Å². The van der Waals surface area contributed by atoms with Crippen LogP contribution in [0.2, 0.25) is 0 Å². The van der Waals surface area contributed by atoms with Gasteiger partial charge in [0, 0.05) is 19.6 Å². The highest BCUT2D eigenvalue weighted by Crippen LogP contribution is 2.55. The lowest BCUT2D eigenvalue weighted by molar-refractivity contribution is -0.142. The van der Waals surface area contributed by atoms with Gasteiger partial charge in [-0.1, -0.05) is 61.7 Å². The largest absolute Gasteiger partial charge is 0.359 e. The van der Waals surface area contributed by atoms with E-state index in [-0.39, 0.29) is 23.8 Å². The lowest BCUT2D eigenvalue weighted by atomic mass is 9.74. The van der Waals surface area contributed by atoms with Crippen molar-refractivity contribution in [3.63, 3.8) is 0 Å². The van der Waals surface area contributed by atoms with Gasteiger partial charge < -0.3 is 20.3 Å². The molecule has 0 aromatic heterocycles. The Balaban J connectivity index is 1.50. The molecule has 1 aliphatic carbocycles. The second-order valence-electron chi connectivity index (χ2n) is 9.11. The van der Waals surface area contributed by atoms with Crippen LogP contribution in [-0.4, -0.2) is 53.5 Å². The number of hydrogen-bond donors (Lipinski definition) is 2. The number of carbonyl (C=O) groups is 3. The van der Waals surface area contributed by atoms with Gasteiger partial charge in [-0.2, -0.15) is 0 Å². The fourth-order valence-corrected chi connectivity index (χ4v) is 5.91. The van der Waals surface area contributed by atoms with Gasteiger partial charge in [0.2, 0.25) is 17.7 Å². The number of nitrogens with one attached hydrogen (secondary N) is 2. The molecular formula is C24H29N3O4. The number of ether oxygens (including phenoxy) is 1. The molecule has 5 rings (SSSR count). The maximum absolute atomic E-state index is 13.7. The van der Waals surface area contributed by atoms with Crippen molar-refractivity contribution in [3.05, 3.63) is 48.0 Å². The van der Waals surface area contributed by atoms with Gasteiger partial charge in [0.15, 0.2) is 0 Å². The van der Waals surface area contributed by atoms with E-state index >= 15 is 0 Å². The molecule has 2 N–H and O–H groups in total. The predicted octanol–water partition coefficient (Wildman–Crippen LogP) is 1.53. The number of likely N-dealkylation sites (tertiary alicyclic amines) is 1. The maximum atomic E-state index is 13.7. The summed E-state index contributed by atoms with van der Waals surface area (Å²) in [6.45, 7) is 0.309. The molecule has 7 heteroatoms. The molecule has 1 aromatic carbocycles. The van der Waals surface area contributed by atoms with E-state index in [1.165, 1.54) is 6.42 Å². The van der Waals surface area contributed by atoms with Crippen LogP contribution in [0.25, 0.3) is 0 Å². The van der Waals surface area contributed by atoms with Gasteiger partial charge >= 0.3 is 0 Å². The quantitative estimate of drug-likeness (QED) is 0.703. The van der Waals surface area contributed by atoms with Gasteiger partial charge in [0.25, 0.3) is 0 Å². The summed E-state index contributed by atoms with van der Waals surface area (Å²) in [6.07, 6.45) is 8.55. The average molecular weight is 424 g/mol. The number of rotatable bonds is 5. The first-order valence-electron chi connectivity index (χ1n) is 11.3. The summed E-state index contributed by atoms with van der Waals surface area (Å²) in [5.41, 5.74) is -0.148. The van der Waals surface area contributed by atoms with E-state index in [1.807, 2.05) is 42.5 Å². The fourth-order valence-electron chi connectivity index (χ4n) is 5.91. The molecule has 1 spiro atoms. The monoisotopic (exact) mass is 423 g/mol. The first-order chi connectivity index (χ1) is 15.0. The molecule has 2 saturated heterocycles. The van der Waals surface area contributed by atoms with Crippen molar-refractivity contribution in [2.24, 2.45) is 11.8 Å². The Bertz CT molecular complexity index is 911. The van der Waals surface area contributed by atoms with Crippen molar-refractivity contribution >= 4 is 17.7 Å². The molecule has 31 heavy (non-hydrogen) atoms. The summed E-state index contributed by atoms with van der Waals surface area (Å²) in [5, 5.41) is 5.87. The number of nitrogens with zero attached hydrogens (tertiary/aromatic N) is 1. The Labute approximate surface area is 182 Å². The van der Waals surface area contributed by atoms with Crippen molar-refractivity contribution in [1.82, 2.24) is 15.5 Å². The Hall–Kier alpha value is -2.67. The topological polar surface area (TPSA) is 87.7 Å². The first-order valence-corrected chi connectivity index (χ1v) is 11.3. The predicted molar refractivity (Wildman–Crippen MR) is 114 cm³/mol. The van der Waals surface area contributed by atoms with Crippen LogP contribution >= 0.6 is 0 Å². The second-order valence-corrected chi connectivity index (χ2v) is 9.11. The molecule has 3 amide bonds. The summed E-state index contributed by atoms with van der Waals surface area (Å²) in [6, 6.07) is 8.98. The van der Waals surface area contributed by atoms with E-state index in [0.717, 1.165) is 31.2 Å². The van der Waals surface area contributed by atoms with Crippen LogP contribution in [-0.2, 0) is 25.7 Å². The zero-order chi connectivity index (χ0) is 21.6. The summed E-state index contributed by atoms with van der Waals surface area (Å²) in [7, 11) is 1.57. The summed E-state index contributed by atoms with van der Waals surface area (Å²) < 4.78 is 6.29. The lowest BCUT2D eigenvalue weighted by Gasteiger charge is -2.34. The molecule has 7 nitrogen and oxygen atoms in total. The standard InChI is InChI=1S/C24H29N3O4/c1-25-21(28)18-17-12-13-24(31-17)19(18)23(30)27(14-15-8-4-2-5-9-15)20(24)22(29)26-16-10-6-3-7-11-16/h2,4-5,8-9,12-13,16-20H,3,6-7,10-11,14H2,1H3,(H,25,28)(H,26,29)/t17-,18-,19+,20-,24+/m1/s1. The number of hydrogen-bond acceptors (Lipinski definition) is 4. The second kappa shape index (κ2) is 7.79. The number of benzene rings is 1. The first kappa shape index (κ1) is 20.2. The normalized spacial score (nSPS) is 34.1. The van der Waals surface area contributed by atoms with Crippen LogP contribution in [0.3, 0.4) is 0 Å². The Morgan fingerprint density at radius 1 is 1.13 bits per heavy atom. The molecule has 3 heterocycles. The van der Waals surface area contributed by atoms with E-state index in [9.17, 15) is 14.4 Å². The lowest BCUT2D eigenvalue weighted by Crippen LogP contribution is -2.56. The summed E-state index contributed by atoms with van der Waals surface area (Å²) in [4.78, 5) is 41.6. The van der Waals surface area contributed by atoms with E-state index in [0.29, 0.717) is 6.54 Å². The summed E-state index contributed by atoms with van der Waals surface area (Å²) in [5.74, 6) is -1.89. The van der Waals surface area contributed by atoms with Crippen molar-refractivity contribution in [2.45, 2.75) is 62.4 Å². The highest BCUT2D eigenvalue weighted by molar-refractivity contribution is 5.99. The Kier molecular flexibility index (Phi) is 5.08. The van der Waals surface area contributed by atoms with E-state index < -0.39 is 29.6 Å².